The summed E-state index contributed by atoms with van der Waals surface area (Å²) in [6.45, 7) is 9.96. The Morgan fingerprint density at radius 1 is 1.14 bits per heavy atom. The van der Waals surface area contributed by atoms with E-state index in [0.717, 1.165) is 0 Å². The quantitative estimate of drug-likeness (QED) is 0.257. The van der Waals surface area contributed by atoms with E-state index >= 15 is 0 Å². The van der Waals surface area contributed by atoms with Gasteiger partial charge in [-0.15, -0.1) is 0 Å². The highest BCUT2D eigenvalue weighted by Crippen LogP contribution is 2.60. The number of rotatable bonds is 4. The van der Waals surface area contributed by atoms with Gasteiger partial charge in [0, 0.05) is 31.8 Å². The van der Waals surface area contributed by atoms with Crippen LogP contribution < -0.4 is 0 Å². The van der Waals surface area contributed by atoms with Crippen LogP contribution in [0.5, 0.6) is 0 Å². The molecule has 0 saturated carbocycles. The predicted octanol–water partition coefficient (Wildman–Crippen LogP) is 2.16. The third-order valence-electron chi connectivity index (χ3n) is 7.39. The minimum Gasteiger partial charge on any atom is -0.466 e. The molecule has 0 aromatic carbocycles. The molecule has 1 aromatic heterocycles. The van der Waals surface area contributed by atoms with E-state index in [1.54, 1.807) is 13.0 Å². The number of esters is 4. The Kier molecular flexibility index (Phi) is 5.56. The number of methoxy groups -OCH3 is 1. The highest BCUT2D eigenvalue weighted by atomic mass is 16.7. The lowest BCUT2D eigenvalue weighted by molar-refractivity contribution is -0.168. The van der Waals surface area contributed by atoms with Crippen molar-refractivity contribution in [3.05, 3.63) is 35.3 Å². The van der Waals surface area contributed by atoms with Crippen LogP contribution in [0.2, 0.25) is 0 Å². The number of epoxide rings is 2. The number of hydrogen-bond donors (Lipinski definition) is 0. The van der Waals surface area contributed by atoms with Crippen LogP contribution in [0.1, 0.15) is 62.9 Å². The van der Waals surface area contributed by atoms with Gasteiger partial charge in [-0.25, -0.2) is 9.59 Å². The zero-order valence-electron chi connectivity index (χ0n) is 20.7. The topological polar surface area (TPSA) is 143 Å². The van der Waals surface area contributed by atoms with Crippen molar-refractivity contribution in [3.8, 4) is 0 Å². The third-order valence-corrected chi connectivity index (χ3v) is 7.39. The molecule has 1 aromatic rings. The number of carbonyl (C=O) groups excluding carboxylic acids is 4. The molecule has 194 valence electrons. The minimum atomic E-state index is -1.55. The van der Waals surface area contributed by atoms with Gasteiger partial charge in [-0.1, -0.05) is 6.58 Å². The first-order valence-corrected chi connectivity index (χ1v) is 11.7. The fourth-order valence-corrected chi connectivity index (χ4v) is 5.57. The molecule has 11 nitrogen and oxygen atoms in total. The van der Waals surface area contributed by atoms with Crippen LogP contribution in [-0.4, -0.2) is 60.5 Å². The Morgan fingerprint density at radius 3 is 2.44 bits per heavy atom. The Morgan fingerprint density at radius 2 is 1.83 bits per heavy atom. The van der Waals surface area contributed by atoms with E-state index in [1.807, 2.05) is 6.92 Å². The summed E-state index contributed by atoms with van der Waals surface area (Å²) in [4.78, 5) is 50.0. The summed E-state index contributed by atoms with van der Waals surface area (Å²) in [5, 5.41) is 0. The van der Waals surface area contributed by atoms with Gasteiger partial charge < -0.3 is 32.8 Å². The van der Waals surface area contributed by atoms with Gasteiger partial charge in [-0.2, -0.15) is 0 Å². The maximum Gasteiger partial charge on any atom is 0.345 e. The zero-order chi connectivity index (χ0) is 26.2. The first-order valence-electron chi connectivity index (χ1n) is 11.7. The molecule has 0 spiro atoms. The van der Waals surface area contributed by atoms with Gasteiger partial charge in [-0.05, 0) is 31.9 Å². The molecule has 4 bridgehead atoms. The molecule has 11 heteroatoms. The molecule has 0 radical (unpaired) electrons. The Balaban J connectivity index is 1.66. The number of fused-ring (bicyclic) bond motifs is 4. The number of ether oxygens (including phenoxy) is 6. The molecule has 8 atom stereocenters. The van der Waals surface area contributed by atoms with Gasteiger partial charge >= 0.3 is 23.9 Å². The Bertz CT molecular complexity index is 1170. The van der Waals surface area contributed by atoms with Gasteiger partial charge in [0.25, 0.3) is 0 Å². The Labute approximate surface area is 207 Å². The standard InChI is InChI=1S/C25H28O11/c1-10-7-15-20-24(5,35-20)9-16-21-25(36-21,23(29)34-16)17(31-12(3)26)8-14(11(2)22(28)30-6)19(18(10)33-15)32-13(4)27/h7,14,16-17,19-21H,2,8-9H2,1,3-6H3/t14-,16-,17+,19-,20-,21-,24+,25+/m1/s1. The van der Waals surface area contributed by atoms with Crippen LogP contribution in [0.4, 0.5) is 0 Å². The lowest BCUT2D eigenvalue weighted by Gasteiger charge is -2.30. The fraction of sp³-hybridized carbons (Fsp3) is 0.600. The van der Waals surface area contributed by atoms with E-state index in [4.69, 9.17) is 32.8 Å². The maximum absolute atomic E-state index is 13.1. The second-order valence-corrected chi connectivity index (χ2v) is 9.97. The lowest BCUT2D eigenvalue weighted by Crippen LogP contribution is -2.43. The molecule has 3 fully saturated rings. The average Bonchev–Trinajstić information content (AvgIpc) is 3.63. The summed E-state index contributed by atoms with van der Waals surface area (Å²) in [6.07, 6.45) is -3.87. The summed E-state index contributed by atoms with van der Waals surface area (Å²) < 4.78 is 39.8. The lowest BCUT2D eigenvalue weighted by atomic mass is 9.81. The van der Waals surface area contributed by atoms with Crippen LogP contribution in [0.3, 0.4) is 0 Å². The number of aryl methyl sites for hydroxylation is 1. The molecule has 4 aliphatic heterocycles. The van der Waals surface area contributed by atoms with Gasteiger partial charge in [0.15, 0.2) is 6.10 Å². The first kappa shape index (κ1) is 24.5. The van der Waals surface area contributed by atoms with E-state index in [-0.39, 0.29) is 17.8 Å². The van der Waals surface area contributed by atoms with E-state index in [1.165, 1.54) is 21.0 Å². The third kappa shape index (κ3) is 3.72. The maximum atomic E-state index is 13.1. The van der Waals surface area contributed by atoms with Crippen LogP contribution in [0.15, 0.2) is 22.6 Å². The van der Waals surface area contributed by atoms with Crippen LogP contribution in [-0.2, 0) is 47.6 Å². The number of hydrogen-bond acceptors (Lipinski definition) is 11. The smallest absolute Gasteiger partial charge is 0.345 e. The molecule has 0 N–H and O–H groups in total. The molecular formula is C25H28O11. The van der Waals surface area contributed by atoms with Crippen molar-refractivity contribution < 1.29 is 52.0 Å². The highest BCUT2D eigenvalue weighted by molar-refractivity contribution is 5.89. The monoisotopic (exact) mass is 504 g/mol. The van der Waals surface area contributed by atoms with Crippen molar-refractivity contribution in [2.45, 2.75) is 82.3 Å². The highest BCUT2D eigenvalue weighted by Gasteiger charge is 2.79. The van der Waals surface area contributed by atoms with Crippen molar-refractivity contribution in [1.29, 1.82) is 0 Å². The van der Waals surface area contributed by atoms with Gasteiger partial charge in [0.2, 0.25) is 5.60 Å². The van der Waals surface area contributed by atoms with Crippen LogP contribution in [0, 0.1) is 12.8 Å². The normalized spacial score (nSPS) is 38.1. The molecule has 5 heterocycles. The Hall–Kier alpha value is -3.18. The molecule has 4 aliphatic rings. The summed E-state index contributed by atoms with van der Waals surface area (Å²) in [7, 11) is 1.19. The molecule has 3 saturated heterocycles. The van der Waals surface area contributed by atoms with Crippen molar-refractivity contribution in [2.24, 2.45) is 5.92 Å². The fourth-order valence-electron chi connectivity index (χ4n) is 5.57. The largest absolute Gasteiger partial charge is 0.466 e. The van der Waals surface area contributed by atoms with Gasteiger partial charge in [0.05, 0.1) is 7.11 Å². The predicted molar refractivity (Wildman–Crippen MR) is 117 cm³/mol. The molecule has 0 amide bonds. The SMILES string of the molecule is C=C(C(=O)OC)[C@H]1C[C@H](OC(C)=O)[C@]23O[C@@H]2[C@@H](C[C@]2(C)O[C@@H]2c2cc(C)c(o2)[C@@H]1OC(C)=O)OC3=O. The van der Waals surface area contributed by atoms with E-state index in [9.17, 15) is 19.2 Å². The van der Waals surface area contributed by atoms with Crippen LogP contribution >= 0.6 is 0 Å². The van der Waals surface area contributed by atoms with Crippen LogP contribution in [0.25, 0.3) is 0 Å². The van der Waals surface area contributed by atoms with E-state index < -0.39 is 71.5 Å². The van der Waals surface area contributed by atoms with E-state index in [0.29, 0.717) is 17.7 Å². The summed E-state index contributed by atoms with van der Waals surface area (Å²) >= 11 is 0. The average molecular weight is 504 g/mol. The summed E-state index contributed by atoms with van der Waals surface area (Å²) in [5.74, 6) is -2.93. The number of carbonyl (C=O) groups is 4. The van der Waals surface area contributed by atoms with Crippen molar-refractivity contribution >= 4 is 23.9 Å². The minimum absolute atomic E-state index is 0.0582. The molecule has 0 unspecified atom stereocenters. The molecule has 36 heavy (non-hydrogen) atoms. The summed E-state index contributed by atoms with van der Waals surface area (Å²) in [6, 6.07) is 1.79. The molecular weight excluding hydrogens is 476 g/mol. The first-order chi connectivity index (χ1) is 16.9. The second-order valence-electron chi connectivity index (χ2n) is 9.97. The van der Waals surface area contributed by atoms with Gasteiger partial charge in [0.1, 0.15) is 41.5 Å². The summed E-state index contributed by atoms with van der Waals surface area (Å²) in [5.41, 5.74) is -1.64. The molecule has 5 rings (SSSR count). The van der Waals surface area contributed by atoms with Gasteiger partial charge in [-0.3, -0.25) is 9.59 Å². The molecule has 0 aliphatic carbocycles. The zero-order valence-corrected chi connectivity index (χ0v) is 20.7. The van der Waals surface area contributed by atoms with Crippen molar-refractivity contribution in [1.82, 2.24) is 0 Å². The van der Waals surface area contributed by atoms with Crippen molar-refractivity contribution in [2.75, 3.05) is 7.11 Å². The van der Waals surface area contributed by atoms with E-state index in [2.05, 4.69) is 6.58 Å². The van der Waals surface area contributed by atoms with Crippen molar-refractivity contribution in [3.63, 3.8) is 0 Å². The second kappa shape index (κ2) is 8.17. The number of furan rings is 1.